The normalized spacial score (nSPS) is 16.9. The van der Waals surface area contributed by atoms with Crippen molar-refractivity contribution in [2.45, 2.75) is 31.6 Å². The minimum Gasteiger partial charge on any atom is -0.478 e. The van der Waals surface area contributed by atoms with E-state index in [9.17, 15) is 13.2 Å². The van der Waals surface area contributed by atoms with E-state index in [-0.39, 0.29) is 15.9 Å². The largest absolute Gasteiger partial charge is 0.478 e. The zero-order valence-corrected chi connectivity index (χ0v) is 13.6. The second-order valence-electron chi connectivity index (χ2n) is 5.52. The lowest BCUT2D eigenvalue weighted by Gasteiger charge is -2.14. The van der Waals surface area contributed by atoms with Gasteiger partial charge in [-0.15, -0.1) is 0 Å². The van der Waals surface area contributed by atoms with Crippen molar-refractivity contribution < 1.29 is 18.3 Å². The van der Waals surface area contributed by atoms with Crippen LogP contribution in [0.3, 0.4) is 0 Å². The third kappa shape index (κ3) is 3.21. The maximum atomic E-state index is 12.3. The Morgan fingerprint density at radius 1 is 1.45 bits per heavy atom. The van der Waals surface area contributed by atoms with Gasteiger partial charge in [0.1, 0.15) is 0 Å². The molecule has 1 aromatic carbocycles. The van der Waals surface area contributed by atoms with Gasteiger partial charge in [0.2, 0.25) is 10.0 Å². The van der Waals surface area contributed by atoms with Crippen LogP contribution in [0.2, 0.25) is 0 Å². The molecule has 0 saturated heterocycles. The Morgan fingerprint density at radius 2 is 2.05 bits per heavy atom. The van der Waals surface area contributed by atoms with Gasteiger partial charge in [0.25, 0.3) is 0 Å². The highest BCUT2D eigenvalue weighted by Gasteiger charge is 2.38. The summed E-state index contributed by atoms with van der Waals surface area (Å²) in [5.74, 6) is -1.16. The van der Waals surface area contributed by atoms with Crippen LogP contribution in [0.25, 0.3) is 0 Å². The smallest absolute Gasteiger partial charge is 0.335 e. The molecule has 0 bridgehead atoms. The summed E-state index contributed by atoms with van der Waals surface area (Å²) in [7, 11) is -3.71. The van der Waals surface area contributed by atoms with E-state index in [2.05, 4.69) is 20.7 Å². The summed E-state index contributed by atoms with van der Waals surface area (Å²) in [6.45, 7) is 4.04. The Balaban J connectivity index is 2.37. The van der Waals surface area contributed by atoms with E-state index in [1.165, 1.54) is 12.1 Å². The number of benzene rings is 1. The molecule has 0 unspecified atom stereocenters. The monoisotopic (exact) mass is 361 g/mol. The van der Waals surface area contributed by atoms with Crippen LogP contribution in [-0.4, -0.2) is 26.0 Å². The van der Waals surface area contributed by atoms with Gasteiger partial charge in [-0.1, -0.05) is 22.9 Å². The maximum absolute atomic E-state index is 12.3. The van der Waals surface area contributed by atoms with E-state index in [0.29, 0.717) is 16.6 Å². The fraction of sp³-hybridized carbons (Fsp3) is 0.462. The van der Waals surface area contributed by atoms with Gasteiger partial charge in [-0.25, -0.2) is 17.9 Å². The molecule has 2 N–H and O–H groups in total. The first-order chi connectivity index (χ1) is 9.15. The highest BCUT2D eigenvalue weighted by atomic mass is 79.9. The van der Waals surface area contributed by atoms with E-state index >= 15 is 0 Å². The van der Waals surface area contributed by atoms with Gasteiger partial charge < -0.3 is 5.11 Å². The molecule has 0 heterocycles. The second kappa shape index (κ2) is 5.13. The third-order valence-corrected chi connectivity index (χ3v) is 5.98. The molecule has 1 aromatic rings. The van der Waals surface area contributed by atoms with Crippen LogP contribution in [0.15, 0.2) is 21.5 Å². The molecule has 20 heavy (non-hydrogen) atoms. The zero-order valence-electron chi connectivity index (χ0n) is 11.2. The lowest BCUT2D eigenvalue weighted by molar-refractivity contribution is 0.0696. The van der Waals surface area contributed by atoms with Crippen LogP contribution < -0.4 is 4.72 Å². The molecule has 7 heteroatoms. The number of hydrogen-bond acceptors (Lipinski definition) is 3. The van der Waals surface area contributed by atoms with E-state index < -0.39 is 16.0 Å². The molecule has 110 valence electrons. The van der Waals surface area contributed by atoms with Crippen LogP contribution in [0, 0.1) is 12.3 Å². The van der Waals surface area contributed by atoms with Crippen LogP contribution in [0.1, 0.15) is 35.7 Å². The van der Waals surface area contributed by atoms with Gasteiger partial charge in [-0.05, 0) is 42.9 Å². The van der Waals surface area contributed by atoms with E-state index in [1.54, 1.807) is 6.92 Å². The minimum atomic E-state index is -3.71. The van der Waals surface area contributed by atoms with Crippen molar-refractivity contribution in [1.82, 2.24) is 4.72 Å². The van der Waals surface area contributed by atoms with Gasteiger partial charge in [0.05, 0.1) is 10.5 Å². The molecular weight excluding hydrogens is 346 g/mol. The Hall–Kier alpha value is -0.920. The van der Waals surface area contributed by atoms with Crippen molar-refractivity contribution in [3.8, 4) is 0 Å². The number of halogens is 1. The standard InChI is InChI=1S/C13H16BrNO4S/c1-8-10(14)5-9(12(16)17)6-11(8)20(18,19)15-7-13(2)3-4-13/h5-6,15H,3-4,7H2,1-2H3,(H,16,17). The molecule has 1 aliphatic carbocycles. The van der Waals surface area contributed by atoms with Crippen LogP contribution >= 0.6 is 15.9 Å². The van der Waals surface area contributed by atoms with Crippen molar-refractivity contribution in [2.24, 2.45) is 5.41 Å². The number of sulfonamides is 1. The van der Waals surface area contributed by atoms with Crippen LogP contribution in [0.5, 0.6) is 0 Å². The summed E-state index contributed by atoms with van der Waals surface area (Å²) in [4.78, 5) is 11.0. The first-order valence-corrected chi connectivity index (χ1v) is 8.45. The van der Waals surface area contributed by atoms with Gasteiger partial charge in [0.15, 0.2) is 0 Å². The Kier molecular flexibility index (Phi) is 3.96. The predicted octanol–water partition coefficient (Wildman–Crippen LogP) is 2.53. The lowest BCUT2D eigenvalue weighted by atomic mass is 10.1. The van der Waals surface area contributed by atoms with Crippen molar-refractivity contribution in [1.29, 1.82) is 0 Å². The molecule has 2 rings (SSSR count). The average Bonchev–Trinajstić information content (AvgIpc) is 3.08. The summed E-state index contributed by atoms with van der Waals surface area (Å²) < 4.78 is 27.7. The second-order valence-corrected chi connectivity index (χ2v) is 8.11. The van der Waals surface area contributed by atoms with Crippen molar-refractivity contribution in [3.05, 3.63) is 27.7 Å². The number of aromatic carboxylic acids is 1. The maximum Gasteiger partial charge on any atom is 0.335 e. The molecule has 1 saturated carbocycles. The van der Waals surface area contributed by atoms with Gasteiger partial charge >= 0.3 is 5.97 Å². The first kappa shape index (κ1) is 15.5. The van der Waals surface area contributed by atoms with Crippen molar-refractivity contribution in [3.63, 3.8) is 0 Å². The highest BCUT2D eigenvalue weighted by molar-refractivity contribution is 9.10. The van der Waals surface area contributed by atoms with E-state index in [1.807, 2.05) is 6.92 Å². The van der Waals surface area contributed by atoms with Gasteiger partial charge in [0, 0.05) is 11.0 Å². The van der Waals surface area contributed by atoms with Crippen LogP contribution in [-0.2, 0) is 10.0 Å². The zero-order chi connectivity index (χ0) is 15.1. The average molecular weight is 362 g/mol. The summed E-state index contributed by atoms with van der Waals surface area (Å²) in [5.41, 5.74) is 0.492. The summed E-state index contributed by atoms with van der Waals surface area (Å²) in [5, 5.41) is 9.02. The molecule has 1 fully saturated rings. The number of carboxylic acid groups (broad SMARTS) is 1. The molecule has 1 aliphatic rings. The molecule has 5 nitrogen and oxygen atoms in total. The Bertz CT molecular complexity index is 665. The third-order valence-electron chi connectivity index (χ3n) is 3.63. The minimum absolute atomic E-state index is 0.00789. The van der Waals surface area contributed by atoms with Crippen LogP contribution in [0.4, 0.5) is 0 Å². The number of carboxylic acids is 1. The molecule has 0 spiro atoms. The van der Waals surface area contributed by atoms with Crippen molar-refractivity contribution >= 4 is 31.9 Å². The molecule has 0 atom stereocenters. The Morgan fingerprint density at radius 3 is 2.55 bits per heavy atom. The fourth-order valence-electron chi connectivity index (χ4n) is 1.79. The fourth-order valence-corrected chi connectivity index (χ4v) is 3.87. The number of rotatable bonds is 5. The summed E-state index contributed by atoms with van der Waals surface area (Å²) in [6, 6.07) is 2.60. The van der Waals surface area contributed by atoms with Gasteiger partial charge in [-0.2, -0.15) is 0 Å². The quantitative estimate of drug-likeness (QED) is 0.843. The highest BCUT2D eigenvalue weighted by Crippen LogP contribution is 2.44. The SMILES string of the molecule is Cc1c(Br)cc(C(=O)O)cc1S(=O)(=O)NCC1(C)CC1. The topological polar surface area (TPSA) is 83.5 Å². The summed E-state index contributed by atoms with van der Waals surface area (Å²) in [6.07, 6.45) is 2.01. The van der Waals surface area contributed by atoms with Crippen molar-refractivity contribution in [2.75, 3.05) is 6.54 Å². The molecule has 0 aliphatic heterocycles. The van der Waals surface area contributed by atoms with E-state index in [4.69, 9.17) is 5.11 Å². The number of hydrogen-bond donors (Lipinski definition) is 2. The van der Waals surface area contributed by atoms with E-state index in [0.717, 1.165) is 12.8 Å². The predicted molar refractivity (Wildman–Crippen MR) is 78.4 cm³/mol. The lowest BCUT2D eigenvalue weighted by Crippen LogP contribution is -2.30. The molecule has 0 radical (unpaired) electrons. The summed E-state index contributed by atoms with van der Waals surface area (Å²) >= 11 is 3.21. The number of carbonyl (C=O) groups is 1. The molecular formula is C13H16BrNO4S. The number of nitrogens with one attached hydrogen (secondary N) is 1. The first-order valence-electron chi connectivity index (χ1n) is 6.18. The molecule has 0 aromatic heterocycles. The van der Waals surface area contributed by atoms with Gasteiger partial charge in [-0.3, -0.25) is 0 Å². The Labute approximate surface area is 126 Å². The molecule has 0 amide bonds.